The molecule has 0 N–H and O–H groups in total. The summed E-state index contributed by atoms with van der Waals surface area (Å²) in [7, 11) is -3.26. The zero-order valence-corrected chi connectivity index (χ0v) is 16.9. The van der Waals surface area contributed by atoms with E-state index in [1.807, 2.05) is 41.5 Å². The second-order valence-electron chi connectivity index (χ2n) is 7.19. The molecule has 0 aromatic heterocycles. The van der Waals surface area contributed by atoms with Crippen LogP contribution in [0.25, 0.3) is 0 Å². The summed E-state index contributed by atoms with van der Waals surface area (Å²) in [4.78, 5) is 24.6. The van der Waals surface area contributed by atoms with Crippen molar-refractivity contribution >= 4 is 20.5 Å². The minimum atomic E-state index is -3.26. The molecule has 0 rings (SSSR count). The standard InChI is InChI=1S/C18H32O4Si/c1-11-15(8)23(18(9,10)14(6)7,21-16(19)12(2)3)22-17(20)13(4)5/h14-15H,2,4,11H2,1,3,5-10H3. The minimum absolute atomic E-state index is 0.0495. The van der Waals surface area contributed by atoms with E-state index in [1.54, 1.807) is 13.8 Å². The fourth-order valence-electron chi connectivity index (χ4n) is 2.24. The van der Waals surface area contributed by atoms with Crippen LogP contribution in [0.4, 0.5) is 0 Å². The van der Waals surface area contributed by atoms with E-state index in [1.165, 1.54) is 0 Å². The molecular weight excluding hydrogens is 308 g/mol. The summed E-state index contributed by atoms with van der Waals surface area (Å²) < 4.78 is 11.8. The van der Waals surface area contributed by atoms with E-state index in [9.17, 15) is 9.59 Å². The molecule has 132 valence electrons. The van der Waals surface area contributed by atoms with Crippen molar-refractivity contribution in [2.75, 3.05) is 0 Å². The average Bonchev–Trinajstić information content (AvgIpc) is 2.44. The van der Waals surface area contributed by atoms with Gasteiger partial charge in [0.2, 0.25) is 0 Å². The molecule has 0 amide bonds. The Morgan fingerprint density at radius 3 is 1.57 bits per heavy atom. The summed E-state index contributed by atoms with van der Waals surface area (Å²) in [5, 5.41) is -0.460. The molecule has 0 aromatic carbocycles. The van der Waals surface area contributed by atoms with Gasteiger partial charge < -0.3 is 8.85 Å². The lowest BCUT2D eigenvalue weighted by Gasteiger charge is -2.46. The van der Waals surface area contributed by atoms with Gasteiger partial charge in [0.25, 0.3) is 0 Å². The molecule has 0 aromatic rings. The van der Waals surface area contributed by atoms with Gasteiger partial charge in [-0.05, 0) is 26.2 Å². The average molecular weight is 341 g/mol. The molecule has 23 heavy (non-hydrogen) atoms. The molecule has 1 unspecified atom stereocenters. The zero-order valence-electron chi connectivity index (χ0n) is 15.9. The highest BCUT2D eigenvalue weighted by Gasteiger charge is 2.62. The predicted molar refractivity (Wildman–Crippen MR) is 96.2 cm³/mol. The Hall–Kier alpha value is -1.36. The molecule has 0 heterocycles. The molecule has 0 aliphatic carbocycles. The largest absolute Gasteiger partial charge is 0.481 e. The van der Waals surface area contributed by atoms with Gasteiger partial charge in [0, 0.05) is 21.7 Å². The van der Waals surface area contributed by atoms with E-state index in [4.69, 9.17) is 8.85 Å². The van der Waals surface area contributed by atoms with Gasteiger partial charge in [-0.25, -0.2) is 9.59 Å². The Balaban J connectivity index is 6.23. The third-order valence-electron chi connectivity index (χ3n) is 4.79. The SMILES string of the molecule is C=C(C)C(=O)O[Si](OC(=O)C(=C)C)(C(C)CC)C(C)(C)C(C)C. The first kappa shape index (κ1) is 21.6. The second-order valence-corrected chi connectivity index (χ2v) is 11.2. The van der Waals surface area contributed by atoms with Crippen LogP contribution in [-0.2, 0) is 18.4 Å². The van der Waals surface area contributed by atoms with E-state index >= 15 is 0 Å². The summed E-state index contributed by atoms with van der Waals surface area (Å²) in [5.74, 6) is -0.834. The van der Waals surface area contributed by atoms with Crippen molar-refractivity contribution in [1.82, 2.24) is 0 Å². The highest BCUT2D eigenvalue weighted by molar-refractivity contribution is 6.75. The molecule has 1 atom stereocenters. The highest BCUT2D eigenvalue weighted by Crippen LogP contribution is 2.52. The van der Waals surface area contributed by atoms with Gasteiger partial charge in [0.15, 0.2) is 0 Å². The van der Waals surface area contributed by atoms with Crippen LogP contribution >= 0.6 is 0 Å². The van der Waals surface area contributed by atoms with E-state index in [-0.39, 0.29) is 11.5 Å². The first-order valence-corrected chi connectivity index (χ1v) is 10.0. The molecule has 0 fully saturated rings. The summed E-state index contributed by atoms with van der Waals surface area (Å²) >= 11 is 0. The fourth-order valence-corrected chi connectivity index (χ4v) is 6.72. The van der Waals surface area contributed by atoms with Crippen molar-refractivity contribution in [3.63, 3.8) is 0 Å². The Morgan fingerprint density at radius 2 is 1.35 bits per heavy atom. The van der Waals surface area contributed by atoms with Gasteiger partial charge in [-0.15, -0.1) is 0 Å². The van der Waals surface area contributed by atoms with Gasteiger partial charge >= 0.3 is 20.5 Å². The molecule has 0 bridgehead atoms. The molecule has 0 saturated carbocycles. The van der Waals surface area contributed by atoms with Crippen molar-refractivity contribution in [3.05, 3.63) is 24.3 Å². The van der Waals surface area contributed by atoms with Gasteiger partial charge in [0.05, 0.1) is 0 Å². The zero-order chi connectivity index (χ0) is 18.6. The lowest BCUT2D eigenvalue weighted by atomic mass is 9.99. The molecule has 0 radical (unpaired) electrons. The maximum Gasteiger partial charge on any atom is 0.473 e. The van der Waals surface area contributed by atoms with Crippen molar-refractivity contribution in [1.29, 1.82) is 0 Å². The third-order valence-corrected chi connectivity index (χ3v) is 9.84. The topological polar surface area (TPSA) is 52.6 Å². The second kappa shape index (κ2) is 7.95. The molecule has 5 heteroatoms. The van der Waals surface area contributed by atoms with Crippen molar-refractivity contribution in [2.45, 2.75) is 72.4 Å². The Labute approximate surface area is 142 Å². The van der Waals surface area contributed by atoms with Gasteiger partial charge in [-0.2, -0.15) is 0 Å². The number of rotatable bonds is 8. The van der Waals surface area contributed by atoms with Crippen LogP contribution in [0.5, 0.6) is 0 Å². The van der Waals surface area contributed by atoms with Crippen molar-refractivity contribution < 1.29 is 18.4 Å². The predicted octanol–water partition coefficient (Wildman–Crippen LogP) is 4.90. The van der Waals surface area contributed by atoms with Crippen LogP contribution in [-0.4, -0.2) is 20.5 Å². The summed E-state index contributed by atoms with van der Waals surface area (Å²) in [6.07, 6.45) is 0.745. The molecule has 4 nitrogen and oxygen atoms in total. The van der Waals surface area contributed by atoms with Crippen molar-refractivity contribution in [2.24, 2.45) is 5.92 Å². The summed E-state index contributed by atoms with van der Waals surface area (Å²) in [6.45, 7) is 22.6. The minimum Gasteiger partial charge on any atom is -0.481 e. The molecular formula is C18H32O4Si. The first-order valence-electron chi connectivity index (χ1n) is 8.11. The van der Waals surface area contributed by atoms with E-state index in [0.29, 0.717) is 11.1 Å². The molecule has 0 saturated heterocycles. The van der Waals surface area contributed by atoms with E-state index in [0.717, 1.165) is 6.42 Å². The number of hydrogen-bond acceptors (Lipinski definition) is 4. The number of carbonyl (C=O) groups is 2. The van der Waals surface area contributed by atoms with Crippen molar-refractivity contribution in [3.8, 4) is 0 Å². The maximum atomic E-state index is 12.3. The van der Waals surface area contributed by atoms with E-state index in [2.05, 4.69) is 13.2 Å². The Kier molecular flexibility index (Phi) is 7.48. The van der Waals surface area contributed by atoms with Gasteiger partial charge in [-0.3, -0.25) is 0 Å². The third kappa shape index (κ3) is 4.56. The number of hydrogen-bond donors (Lipinski definition) is 0. The van der Waals surface area contributed by atoms with Crippen LogP contribution in [0.2, 0.25) is 10.6 Å². The Morgan fingerprint density at radius 1 is 1.00 bits per heavy atom. The first-order chi connectivity index (χ1) is 10.3. The summed E-state index contributed by atoms with van der Waals surface area (Å²) in [5.41, 5.74) is 0.554. The lowest BCUT2D eigenvalue weighted by molar-refractivity contribution is -0.138. The monoisotopic (exact) mass is 340 g/mol. The maximum absolute atomic E-state index is 12.3. The van der Waals surface area contributed by atoms with Gasteiger partial charge in [0.1, 0.15) is 0 Å². The van der Waals surface area contributed by atoms with Crippen LogP contribution in [0, 0.1) is 5.92 Å². The van der Waals surface area contributed by atoms with E-state index < -0.39 is 25.5 Å². The Bertz CT molecular complexity index is 463. The normalized spacial score (nSPS) is 13.4. The molecule has 0 aliphatic rings. The molecule has 0 aliphatic heterocycles. The lowest BCUT2D eigenvalue weighted by Crippen LogP contribution is -2.58. The van der Waals surface area contributed by atoms with Crippen LogP contribution < -0.4 is 0 Å². The fraction of sp³-hybridized carbons (Fsp3) is 0.667. The summed E-state index contributed by atoms with van der Waals surface area (Å²) in [6, 6.07) is 0. The van der Waals surface area contributed by atoms with Crippen LogP contribution in [0.1, 0.15) is 61.8 Å². The highest BCUT2D eigenvalue weighted by atomic mass is 28.4. The van der Waals surface area contributed by atoms with Gasteiger partial charge in [-0.1, -0.05) is 54.7 Å². The van der Waals surface area contributed by atoms with Crippen LogP contribution in [0.3, 0.4) is 0 Å². The smallest absolute Gasteiger partial charge is 0.473 e. The quantitative estimate of drug-likeness (QED) is 0.465. The van der Waals surface area contributed by atoms with Crippen LogP contribution in [0.15, 0.2) is 24.3 Å². The number of carbonyl (C=O) groups excluding carboxylic acids is 2. The molecule has 0 spiro atoms.